The number of hydrogen-bond acceptors (Lipinski definition) is 4. The molecule has 0 fully saturated rings. The molecule has 2 aromatic carbocycles. The molecule has 0 aliphatic carbocycles. The Kier molecular flexibility index (Phi) is 7.38. The summed E-state index contributed by atoms with van der Waals surface area (Å²) < 4.78 is 83.9. The first-order chi connectivity index (χ1) is 14.4. The van der Waals surface area contributed by atoms with Crippen LogP contribution in [0, 0.1) is 11.3 Å². The maximum Gasteiger partial charge on any atom is 0.417 e. The fourth-order valence-corrected chi connectivity index (χ4v) is 2.72. The van der Waals surface area contributed by atoms with E-state index >= 15 is 0 Å². The second-order valence-electron chi connectivity index (χ2n) is 6.43. The number of carbonyl (C=O) groups is 1. The zero-order valence-corrected chi connectivity index (χ0v) is 16.1. The molecule has 1 amide bonds. The molecule has 2 rings (SSSR count). The Morgan fingerprint density at radius 3 is 2.42 bits per heavy atom. The van der Waals surface area contributed by atoms with Crippen molar-refractivity contribution in [2.24, 2.45) is 0 Å². The van der Waals surface area contributed by atoms with Crippen LogP contribution in [0.1, 0.15) is 18.1 Å². The monoisotopic (exact) mass is 445 g/mol. The summed E-state index contributed by atoms with van der Waals surface area (Å²) >= 11 is 0. The number of carbonyl (C=O) groups excluding carboxylic acids is 1. The van der Waals surface area contributed by atoms with Crippen molar-refractivity contribution in [1.29, 1.82) is 5.26 Å². The number of benzene rings is 2. The first-order valence-electron chi connectivity index (χ1n) is 8.82. The zero-order chi connectivity index (χ0) is 23.2. The molecular weight excluding hydrogens is 428 g/mol. The van der Waals surface area contributed by atoms with E-state index in [-0.39, 0.29) is 30.5 Å². The lowest BCUT2D eigenvalue weighted by molar-refractivity contribution is -0.137. The summed E-state index contributed by atoms with van der Waals surface area (Å²) in [5.74, 6) is -0.0659. The predicted octanol–water partition coefficient (Wildman–Crippen LogP) is 4.98. The van der Waals surface area contributed by atoms with Gasteiger partial charge in [-0.3, -0.25) is 4.79 Å². The van der Waals surface area contributed by atoms with Gasteiger partial charge < -0.3 is 15.0 Å². The molecular formula is C20H17F6N3O2. The molecule has 0 aliphatic heterocycles. The highest BCUT2D eigenvalue weighted by Crippen LogP contribution is 2.35. The molecule has 0 atom stereocenters. The van der Waals surface area contributed by atoms with Crippen LogP contribution in [0.4, 0.5) is 37.7 Å². The van der Waals surface area contributed by atoms with Gasteiger partial charge in [-0.15, -0.1) is 0 Å². The van der Waals surface area contributed by atoms with Gasteiger partial charge in [-0.1, -0.05) is 6.07 Å². The molecule has 11 heteroatoms. The van der Waals surface area contributed by atoms with Crippen LogP contribution in [0.2, 0.25) is 0 Å². The van der Waals surface area contributed by atoms with Crippen LogP contribution in [0.3, 0.4) is 0 Å². The minimum absolute atomic E-state index is 0.258. The Balaban J connectivity index is 2.21. The van der Waals surface area contributed by atoms with Crippen molar-refractivity contribution >= 4 is 17.3 Å². The van der Waals surface area contributed by atoms with Gasteiger partial charge in [-0.25, -0.2) is 0 Å². The average Bonchev–Trinajstić information content (AvgIpc) is 2.65. The second kappa shape index (κ2) is 9.59. The van der Waals surface area contributed by atoms with Crippen LogP contribution >= 0.6 is 0 Å². The minimum atomic E-state index is -4.90. The van der Waals surface area contributed by atoms with Crippen LogP contribution in [-0.4, -0.2) is 31.8 Å². The van der Waals surface area contributed by atoms with Gasteiger partial charge in [0.1, 0.15) is 18.9 Å². The van der Waals surface area contributed by atoms with Crippen LogP contribution < -0.4 is 15.0 Å². The smallest absolute Gasteiger partial charge is 0.417 e. The quantitative estimate of drug-likeness (QED) is 0.611. The normalized spacial score (nSPS) is 11.5. The third-order valence-electron chi connectivity index (χ3n) is 3.95. The van der Waals surface area contributed by atoms with Crippen LogP contribution in [0.5, 0.6) is 5.75 Å². The molecule has 1 N–H and O–H groups in total. The molecule has 0 aromatic heterocycles. The maximum atomic E-state index is 13.2. The van der Waals surface area contributed by atoms with E-state index in [0.717, 1.165) is 12.1 Å². The van der Waals surface area contributed by atoms with E-state index < -0.39 is 30.0 Å². The van der Waals surface area contributed by atoms with E-state index in [1.165, 1.54) is 25.1 Å². The number of hydrogen-bond donors (Lipinski definition) is 1. The van der Waals surface area contributed by atoms with E-state index in [0.29, 0.717) is 16.7 Å². The molecule has 0 aliphatic rings. The summed E-state index contributed by atoms with van der Waals surface area (Å²) in [5, 5.41) is 11.4. The molecule has 0 spiro atoms. The molecule has 2 aromatic rings. The van der Waals surface area contributed by atoms with E-state index in [2.05, 4.69) is 5.32 Å². The highest BCUT2D eigenvalue weighted by atomic mass is 19.4. The molecule has 0 saturated carbocycles. The van der Waals surface area contributed by atoms with Crippen LogP contribution in [-0.2, 0) is 11.0 Å². The lowest BCUT2D eigenvalue weighted by Gasteiger charge is -2.27. The van der Waals surface area contributed by atoms with Gasteiger partial charge in [-0.2, -0.15) is 31.6 Å². The van der Waals surface area contributed by atoms with Crippen molar-refractivity contribution < 1.29 is 35.9 Å². The van der Waals surface area contributed by atoms with E-state index in [9.17, 15) is 31.1 Å². The number of amides is 1. The standard InChI is InChI=1S/C20H17F6N3O2/c1-13(30)28-15-3-2-4-17(9-15)31-8-7-29(12-19(21,22)23)16-6-5-14(11-27)18(10-16)20(24,25)26/h2-6,9-10H,7-8,12H2,1H3,(H,28,30). The summed E-state index contributed by atoms with van der Waals surface area (Å²) in [6, 6.07) is 9.87. The first kappa shape index (κ1) is 23.9. The second-order valence-corrected chi connectivity index (χ2v) is 6.43. The van der Waals surface area contributed by atoms with Crippen molar-refractivity contribution in [3.05, 3.63) is 53.6 Å². The van der Waals surface area contributed by atoms with Gasteiger partial charge in [0.2, 0.25) is 5.91 Å². The largest absolute Gasteiger partial charge is 0.492 e. The van der Waals surface area contributed by atoms with E-state index in [4.69, 9.17) is 10.00 Å². The Morgan fingerprint density at radius 2 is 1.84 bits per heavy atom. The number of alkyl halides is 6. The topological polar surface area (TPSA) is 65.4 Å². The minimum Gasteiger partial charge on any atom is -0.492 e. The molecule has 0 saturated heterocycles. The van der Waals surface area contributed by atoms with Gasteiger partial charge in [0.05, 0.1) is 23.7 Å². The SMILES string of the molecule is CC(=O)Nc1cccc(OCCN(CC(F)(F)F)c2ccc(C#N)c(C(F)(F)F)c2)c1. The zero-order valence-electron chi connectivity index (χ0n) is 16.1. The molecule has 5 nitrogen and oxygen atoms in total. The average molecular weight is 445 g/mol. The van der Waals surface area contributed by atoms with Crippen molar-refractivity contribution in [1.82, 2.24) is 0 Å². The molecule has 0 radical (unpaired) electrons. The van der Waals surface area contributed by atoms with Crippen molar-refractivity contribution in [2.45, 2.75) is 19.3 Å². The fourth-order valence-electron chi connectivity index (χ4n) is 2.72. The molecule has 0 bridgehead atoms. The van der Waals surface area contributed by atoms with Crippen molar-refractivity contribution in [2.75, 3.05) is 29.9 Å². The van der Waals surface area contributed by atoms with Crippen molar-refractivity contribution in [3.8, 4) is 11.8 Å². The molecule has 166 valence electrons. The number of halogens is 6. The van der Waals surface area contributed by atoms with Crippen LogP contribution in [0.25, 0.3) is 0 Å². The Morgan fingerprint density at radius 1 is 1.13 bits per heavy atom. The predicted molar refractivity (Wildman–Crippen MR) is 101 cm³/mol. The van der Waals surface area contributed by atoms with Gasteiger partial charge in [0.25, 0.3) is 0 Å². The van der Waals surface area contributed by atoms with Crippen molar-refractivity contribution in [3.63, 3.8) is 0 Å². The Hall–Kier alpha value is -3.42. The summed E-state index contributed by atoms with van der Waals surface area (Å²) in [6.45, 7) is -0.866. The van der Waals surface area contributed by atoms with E-state index in [1.54, 1.807) is 12.1 Å². The number of anilines is 2. The lowest BCUT2D eigenvalue weighted by atomic mass is 10.1. The van der Waals surface area contributed by atoms with Gasteiger partial charge in [0, 0.05) is 24.4 Å². The lowest BCUT2D eigenvalue weighted by Crippen LogP contribution is -2.37. The van der Waals surface area contributed by atoms with Gasteiger partial charge in [0.15, 0.2) is 0 Å². The first-order valence-corrected chi connectivity index (χ1v) is 8.82. The van der Waals surface area contributed by atoms with Gasteiger partial charge >= 0.3 is 12.4 Å². The van der Waals surface area contributed by atoms with Gasteiger partial charge in [-0.05, 0) is 30.3 Å². The summed E-state index contributed by atoms with van der Waals surface area (Å²) in [4.78, 5) is 11.8. The van der Waals surface area contributed by atoms with Crippen LogP contribution in [0.15, 0.2) is 42.5 Å². The summed E-state index contributed by atoms with van der Waals surface area (Å²) in [5.41, 5.74) is -1.93. The number of nitriles is 1. The number of nitrogens with zero attached hydrogens (tertiary/aromatic N) is 2. The van der Waals surface area contributed by atoms with E-state index in [1.807, 2.05) is 0 Å². The highest BCUT2D eigenvalue weighted by molar-refractivity contribution is 5.88. The maximum absolute atomic E-state index is 13.2. The summed E-state index contributed by atoms with van der Waals surface area (Å²) in [6.07, 6.45) is -9.58. The Bertz CT molecular complexity index is 967. The third kappa shape index (κ3) is 7.40. The molecule has 31 heavy (non-hydrogen) atoms. The molecule has 0 unspecified atom stereocenters. The Labute approximate surface area is 173 Å². The highest BCUT2D eigenvalue weighted by Gasteiger charge is 2.36. The number of nitrogens with one attached hydrogen (secondary N) is 1. The molecule has 0 heterocycles. The number of rotatable bonds is 7. The third-order valence-corrected chi connectivity index (χ3v) is 3.95. The fraction of sp³-hybridized carbons (Fsp3) is 0.300. The number of ether oxygens (including phenoxy) is 1. The summed E-state index contributed by atoms with van der Waals surface area (Å²) in [7, 11) is 0.